The Morgan fingerprint density at radius 1 is 1.32 bits per heavy atom. The fourth-order valence-corrected chi connectivity index (χ4v) is 1.31. The third-order valence-corrected chi connectivity index (χ3v) is 2.16. The molecule has 1 aromatic carbocycles. The van der Waals surface area contributed by atoms with E-state index in [1.54, 1.807) is 5.32 Å². The largest absolute Gasteiger partial charge is 0.478 e. The number of amides is 1. The van der Waals surface area contributed by atoms with E-state index in [2.05, 4.69) is 0 Å². The van der Waals surface area contributed by atoms with Crippen LogP contribution in [0.1, 0.15) is 5.56 Å². The van der Waals surface area contributed by atoms with E-state index in [1.165, 1.54) is 12.1 Å². The summed E-state index contributed by atoms with van der Waals surface area (Å²) in [7, 11) is 0. The summed E-state index contributed by atoms with van der Waals surface area (Å²) in [6.45, 7) is 0. The highest BCUT2D eigenvalue weighted by Crippen LogP contribution is 2.25. The maximum Gasteiger partial charge on any atom is 0.471 e. The quantitative estimate of drug-likeness (QED) is 0.842. The number of carboxylic acids is 1. The van der Waals surface area contributed by atoms with Gasteiger partial charge >= 0.3 is 18.1 Å². The Morgan fingerprint density at radius 2 is 1.95 bits per heavy atom. The zero-order valence-electron chi connectivity index (χ0n) is 9.16. The summed E-state index contributed by atoms with van der Waals surface area (Å²) in [6.07, 6.45) is -3.27. The fourth-order valence-electron chi connectivity index (χ4n) is 1.14. The van der Waals surface area contributed by atoms with Crippen molar-refractivity contribution < 1.29 is 27.9 Å². The molecular formula is C11H7ClF3NO3. The highest BCUT2D eigenvalue weighted by Gasteiger charge is 2.38. The molecule has 1 amide bonds. The molecule has 0 atom stereocenters. The molecule has 19 heavy (non-hydrogen) atoms. The van der Waals surface area contributed by atoms with Gasteiger partial charge in [0.2, 0.25) is 0 Å². The summed E-state index contributed by atoms with van der Waals surface area (Å²) in [6, 6.07) is 3.73. The lowest BCUT2D eigenvalue weighted by atomic mass is 10.1. The van der Waals surface area contributed by atoms with Gasteiger partial charge in [-0.2, -0.15) is 13.2 Å². The first kappa shape index (κ1) is 15.0. The van der Waals surface area contributed by atoms with Crippen LogP contribution < -0.4 is 5.32 Å². The first-order chi connectivity index (χ1) is 8.70. The Bertz CT molecular complexity index is 540. The number of rotatable bonds is 3. The second-order valence-electron chi connectivity index (χ2n) is 3.36. The minimum atomic E-state index is -5.05. The third-order valence-electron chi connectivity index (χ3n) is 1.93. The van der Waals surface area contributed by atoms with Gasteiger partial charge in [-0.05, 0) is 23.8 Å². The second kappa shape index (κ2) is 5.75. The van der Waals surface area contributed by atoms with Crippen LogP contribution in [0.4, 0.5) is 18.9 Å². The maximum absolute atomic E-state index is 12.1. The number of benzene rings is 1. The fraction of sp³-hybridized carbons (Fsp3) is 0.0909. The number of halogens is 4. The van der Waals surface area contributed by atoms with Gasteiger partial charge < -0.3 is 10.4 Å². The molecule has 0 aliphatic carbocycles. The minimum Gasteiger partial charge on any atom is -0.478 e. The molecule has 0 aliphatic rings. The van der Waals surface area contributed by atoms with E-state index in [0.29, 0.717) is 0 Å². The van der Waals surface area contributed by atoms with Crippen molar-refractivity contribution in [2.75, 3.05) is 5.32 Å². The predicted octanol–water partition coefficient (Wildman–Crippen LogP) is 2.94. The minimum absolute atomic E-state index is 0.0874. The van der Waals surface area contributed by atoms with Crippen molar-refractivity contribution in [3.63, 3.8) is 0 Å². The molecule has 0 fully saturated rings. The number of alkyl halides is 3. The summed E-state index contributed by atoms with van der Waals surface area (Å²) in [4.78, 5) is 21.2. The molecule has 0 heterocycles. The molecule has 0 aromatic heterocycles. The van der Waals surface area contributed by atoms with Crippen molar-refractivity contribution in [2.24, 2.45) is 0 Å². The number of anilines is 1. The van der Waals surface area contributed by atoms with E-state index >= 15 is 0 Å². The third kappa shape index (κ3) is 4.63. The number of carbonyl (C=O) groups is 2. The molecule has 1 rings (SSSR count). The van der Waals surface area contributed by atoms with Gasteiger partial charge in [0.25, 0.3) is 0 Å². The van der Waals surface area contributed by atoms with Crippen LogP contribution in [-0.4, -0.2) is 23.2 Å². The summed E-state index contributed by atoms with van der Waals surface area (Å²) in [5, 5.41) is 10.2. The standard InChI is InChI=1S/C11H7ClF3NO3/c12-7-3-1-6(2-4-9(17)18)8(5-7)16-10(19)11(13,14)15/h1-5H,(H,16,19)(H,17,18)/b4-2+. The van der Waals surface area contributed by atoms with Gasteiger partial charge in [0.15, 0.2) is 0 Å². The number of nitrogens with one attached hydrogen (secondary N) is 1. The predicted molar refractivity (Wildman–Crippen MR) is 62.8 cm³/mol. The average molecular weight is 294 g/mol. The smallest absolute Gasteiger partial charge is 0.471 e. The van der Waals surface area contributed by atoms with Gasteiger partial charge in [-0.1, -0.05) is 17.7 Å². The molecule has 0 spiro atoms. The Hall–Kier alpha value is -2.02. The van der Waals surface area contributed by atoms with E-state index in [9.17, 15) is 22.8 Å². The lowest BCUT2D eigenvalue weighted by molar-refractivity contribution is -0.167. The molecule has 0 radical (unpaired) electrons. The molecule has 2 N–H and O–H groups in total. The molecule has 0 saturated carbocycles. The SMILES string of the molecule is O=C(O)/C=C/c1ccc(Cl)cc1NC(=O)C(F)(F)F. The molecule has 1 aromatic rings. The Labute approximate surface area is 110 Å². The lowest BCUT2D eigenvalue weighted by Gasteiger charge is -2.10. The Kier molecular flexibility index (Phi) is 4.55. The van der Waals surface area contributed by atoms with Crippen LogP contribution in [-0.2, 0) is 9.59 Å². The van der Waals surface area contributed by atoms with Gasteiger partial charge in [0.05, 0.1) is 0 Å². The molecule has 4 nitrogen and oxygen atoms in total. The Balaban J connectivity index is 3.08. The molecule has 102 valence electrons. The van der Waals surface area contributed by atoms with Crippen LogP contribution in [0.2, 0.25) is 5.02 Å². The van der Waals surface area contributed by atoms with E-state index in [-0.39, 0.29) is 16.3 Å². The van der Waals surface area contributed by atoms with E-state index in [1.807, 2.05) is 0 Å². The van der Waals surface area contributed by atoms with Crippen molar-refractivity contribution in [1.29, 1.82) is 0 Å². The number of hydrogen-bond donors (Lipinski definition) is 2. The average Bonchev–Trinajstić information content (AvgIpc) is 2.26. The first-order valence-corrected chi connectivity index (χ1v) is 5.16. The van der Waals surface area contributed by atoms with E-state index in [0.717, 1.165) is 18.2 Å². The molecule has 0 saturated heterocycles. The molecule has 8 heteroatoms. The van der Waals surface area contributed by atoms with Gasteiger partial charge in [-0.3, -0.25) is 4.79 Å². The van der Waals surface area contributed by atoms with Gasteiger partial charge in [0.1, 0.15) is 0 Å². The highest BCUT2D eigenvalue weighted by atomic mass is 35.5. The second-order valence-corrected chi connectivity index (χ2v) is 3.79. The van der Waals surface area contributed by atoms with E-state index in [4.69, 9.17) is 16.7 Å². The van der Waals surface area contributed by atoms with Crippen LogP contribution in [0, 0.1) is 0 Å². The maximum atomic E-state index is 12.1. The van der Waals surface area contributed by atoms with Crippen LogP contribution in [0.3, 0.4) is 0 Å². The van der Waals surface area contributed by atoms with Gasteiger partial charge in [-0.25, -0.2) is 4.79 Å². The highest BCUT2D eigenvalue weighted by molar-refractivity contribution is 6.31. The monoisotopic (exact) mass is 293 g/mol. The molecule has 0 unspecified atom stereocenters. The van der Waals surface area contributed by atoms with Crippen LogP contribution in [0.5, 0.6) is 0 Å². The van der Waals surface area contributed by atoms with E-state index < -0.39 is 18.1 Å². The van der Waals surface area contributed by atoms with Crippen LogP contribution in [0.15, 0.2) is 24.3 Å². The zero-order valence-corrected chi connectivity index (χ0v) is 9.92. The van der Waals surface area contributed by atoms with Crippen molar-refractivity contribution in [3.8, 4) is 0 Å². The van der Waals surface area contributed by atoms with Gasteiger partial charge in [0, 0.05) is 16.8 Å². The normalized spacial score (nSPS) is 11.6. The van der Waals surface area contributed by atoms with Crippen molar-refractivity contribution in [3.05, 3.63) is 34.9 Å². The topological polar surface area (TPSA) is 66.4 Å². The number of carbonyl (C=O) groups excluding carboxylic acids is 1. The summed E-state index contributed by atoms with van der Waals surface area (Å²) < 4.78 is 36.4. The lowest BCUT2D eigenvalue weighted by Crippen LogP contribution is -2.30. The van der Waals surface area contributed by atoms with Gasteiger partial charge in [-0.15, -0.1) is 0 Å². The zero-order chi connectivity index (χ0) is 14.6. The molecule has 0 bridgehead atoms. The number of hydrogen-bond acceptors (Lipinski definition) is 2. The first-order valence-electron chi connectivity index (χ1n) is 4.79. The summed E-state index contributed by atoms with van der Waals surface area (Å²) >= 11 is 5.60. The number of aliphatic carboxylic acids is 1. The van der Waals surface area contributed by atoms with Crippen LogP contribution in [0.25, 0.3) is 6.08 Å². The molecule has 0 aliphatic heterocycles. The van der Waals surface area contributed by atoms with Crippen LogP contribution >= 0.6 is 11.6 Å². The van der Waals surface area contributed by atoms with Crippen molar-refractivity contribution in [1.82, 2.24) is 0 Å². The summed E-state index contributed by atoms with van der Waals surface area (Å²) in [5.41, 5.74) is -0.142. The molecular weight excluding hydrogens is 287 g/mol. The van der Waals surface area contributed by atoms with Crippen molar-refractivity contribution in [2.45, 2.75) is 6.18 Å². The summed E-state index contributed by atoms with van der Waals surface area (Å²) in [5.74, 6) is -3.44. The van der Waals surface area contributed by atoms with Crippen molar-refractivity contribution >= 4 is 35.2 Å². The Morgan fingerprint density at radius 3 is 2.47 bits per heavy atom. The number of carboxylic acid groups (broad SMARTS) is 1.